The summed E-state index contributed by atoms with van der Waals surface area (Å²) in [6.45, 7) is 4.21. The van der Waals surface area contributed by atoms with Crippen molar-refractivity contribution in [3.05, 3.63) is 35.9 Å². The molecule has 92 valence electrons. The minimum atomic E-state index is 0.106. The maximum Gasteiger partial charge on any atom is 0.224 e. The third kappa shape index (κ3) is 3.30. The van der Waals surface area contributed by atoms with Crippen LogP contribution in [0, 0.1) is 5.92 Å². The van der Waals surface area contributed by atoms with Crippen LogP contribution in [0.5, 0.6) is 0 Å². The van der Waals surface area contributed by atoms with Gasteiger partial charge in [0.1, 0.15) is 0 Å². The summed E-state index contributed by atoms with van der Waals surface area (Å²) < 4.78 is 0. The van der Waals surface area contributed by atoms with Crippen molar-refractivity contribution in [3.63, 3.8) is 0 Å². The molecular weight excluding hydrogens is 212 g/mol. The van der Waals surface area contributed by atoms with E-state index < -0.39 is 0 Å². The first-order valence-corrected chi connectivity index (χ1v) is 6.44. The van der Waals surface area contributed by atoms with Crippen molar-refractivity contribution >= 4 is 5.91 Å². The van der Waals surface area contributed by atoms with Crippen LogP contribution in [0.1, 0.15) is 31.4 Å². The third-order valence-electron chi connectivity index (χ3n) is 3.47. The Bertz CT molecular complexity index is 358. The average molecular weight is 233 g/mol. The number of quaternary nitrogens is 1. The second-order valence-corrected chi connectivity index (χ2v) is 4.78. The number of hydrogen-bond acceptors (Lipinski definition) is 1. The molecule has 1 heterocycles. The number of rotatable bonds is 3. The molecule has 0 spiro atoms. The standard InChI is InChI=1S/C14H20N2O/c1-11(12-5-3-2-4-6-12)16-14(17)13-7-9-15-10-8-13/h2-6,11,13,15H,7-10H2,1H3,(H,16,17)/p+1/t11-/m1/s1. The van der Waals surface area contributed by atoms with E-state index in [1.807, 2.05) is 25.1 Å². The molecule has 3 N–H and O–H groups in total. The molecule has 0 aliphatic carbocycles. The molecule has 0 aromatic heterocycles. The molecule has 0 saturated carbocycles. The van der Waals surface area contributed by atoms with Gasteiger partial charge < -0.3 is 10.6 Å². The molecule has 1 aliphatic rings. The SMILES string of the molecule is C[C@@H](NC(=O)C1CC[NH2+]CC1)c1ccccc1. The van der Waals surface area contributed by atoms with Gasteiger partial charge >= 0.3 is 0 Å². The molecule has 3 heteroatoms. The second kappa shape index (κ2) is 5.82. The predicted molar refractivity (Wildman–Crippen MR) is 67.4 cm³/mol. The van der Waals surface area contributed by atoms with Crippen molar-refractivity contribution in [1.29, 1.82) is 0 Å². The van der Waals surface area contributed by atoms with Crippen LogP contribution < -0.4 is 10.6 Å². The van der Waals surface area contributed by atoms with E-state index in [2.05, 4.69) is 22.8 Å². The average Bonchev–Trinajstić information content (AvgIpc) is 2.40. The second-order valence-electron chi connectivity index (χ2n) is 4.78. The lowest BCUT2D eigenvalue weighted by Crippen LogP contribution is -2.86. The number of carbonyl (C=O) groups excluding carboxylic acids is 1. The Kier molecular flexibility index (Phi) is 4.15. The lowest BCUT2D eigenvalue weighted by atomic mass is 9.96. The molecular formula is C14H21N2O+. The van der Waals surface area contributed by atoms with Crippen LogP contribution in [-0.2, 0) is 4.79 Å². The largest absolute Gasteiger partial charge is 0.349 e. The van der Waals surface area contributed by atoms with Gasteiger partial charge in [0, 0.05) is 18.8 Å². The van der Waals surface area contributed by atoms with Crippen molar-refractivity contribution in [3.8, 4) is 0 Å². The fourth-order valence-corrected chi connectivity index (χ4v) is 2.35. The topological polar surface area (TPSA) is 45.7 Å². The van der Waals surface area contributed by atoms with E-state index in [4.69, 9.17) is 0 Å². The van der Waals surface area contributed by atoms with Crippen LogP contribution in [-0.4, -0.2) is 19.0 Å². The minimum absolute atomic E-state index is 0.106. The number of nitrogens with two attached hydrogens (primary N) is 1. The molecule has 0 bridgehead atoms. The smallest absolute Gasteiger partial charge is 0.224 e. The van der Waals surface area contributed by atoms with Crippen LogP contribution in [0.15, 0.2) is 30.3 Å². The molecule has 1 aromatic carbocycles. The Morgan fingerprint density at radius 2 is 1.94 bits per heavy atom. The quantitative estimate of drug-likeness (QED) is 0.798. The molecule has 1 aliphatic heterocycles. The van der Waals surface area contributed by atoms with Crippen molar-refractivity contribution in [1.82, 2.24) is 5.32 Å². The van der Waals surface area contributed by atoms with Gasteiger partial charge in [0.2, 0.25) is 5.91 Å². The van der Waals surface area contributed by atoms with E-state index in [0.29, 0.717) is 0 Å². The lowest BCUT2D eigenvalue weighted by Gasteiger charge is -2.22. The molecule has 1 saturated heterocycles. The summed E-state index contributed by atoms with van der Waals surface area (Å²) in [4.78, 5) is 12.1. The Morgan fingerprint density at radius 1 is 1.29 bits per heavy atom. The highest BCUT2D eigenvalue weighted by Crippen LogP contribution is 2.14. The number of carbonyl (C=O) groups is 1. The van der Waals surface area contributed by atoms with Crippen LogP contribution >= 0.6 is 0 Å². The highest BCUT2D eigenvalue weighted by atomic mass is 16.1. The van der Waals surface area contributed by atoms with Gasteiger partial charge in [-0.05, 0) is 12.5 Å². The van der Waals surface area contributed by atoms with E-state index >= 15 is 0 Å². The Hall–Kier alpha value is -1.35. The number of hydrogen-bond donors (Lipinski definition) is 2. The first-order chi connectivity index (χ1) is 8.27. The van der Waals surface area contributed by atoms with Gasteiger partial charge in [-0.25, -0.2) is 0 Å². The normalized spacial score (nSPS) is 18.6. The molecule has 1 amide bonds. The number of amides is 1. The zero-order chi connectivity index (χ0) is 12.1. The van der Waals surface area contributed by atoms with Crippen molar-refractivity contribution in [2.75, 3.05) is 13.1 Å². The highest BCUT2D eigenvalue weighted by molar-refractivity contribution is 5.79. The highest BCUT2D eigenvalue weighted by Gasteiger charge is 2.23. The summed E-state index contributed by atoms with van der Waals surface area (Å²) in [7, 11) is 0. The fraction of sp³-hybridized carbons (Fsp3) is 0.500. The number of benzene rings is 1. The van der Waals surface area contributed by atoms with Gasteiger partial charge in [-0.2, -0.15) is 0 Å². The van der Waals surface area contributed by atoms with E-state index in [9.17, 15) is 4.79 Å². The zero-order valence-corrected chi connectivity index (χ0v) is 10.4. The van der Waals surface area contributed by atoms with Crippen LogP contribution in [0.25, 0.3) is 0 Å². The van der Waals surface area contributed by atoms with Crippen molar-refractivity contribution < 1.29 is 10.1 Å². The molecule has 1 atom stereocenters. The Balaban J connectivity index is 1.89. The molecule has 17 heavy (non-hydrogen) atoms. The summed E-state index contributed by atoms with van der Waals surface area (Å²) in [5.41, 5.74) is 1.17. The van der Waals surface area contributed by atoms with Gasteiger partial charge in [-0.3, -0.25) is 4.79 Å². The molecule has 1 fully saturated rings. The maximum atomic E-state index is 12.1. The summed E-state index contributed by atoms with van der Waals surface area (Å²) in [5, 5.41) is 5.40. The molecule has 0 unspecified atom stereocenters. The van der Waals surface area contributed by atoms with Crippen LogP contribution in [0.3, 0.4) is 0 Å². The zero-order valence-electron chi connectivity index (χ0n) is 10.4. The Labute approximate surface area is 103 Å². The first kappa shape index (κ1) is 12.1. The monoisotopic (exact) mass is 233 g/mol. The summed E-state index contributed by atoms with van der Waals surface area (Å²) in [6.07, 6.45) is 2.01. The van der Waals surface area contributed by atoms with Gasteiger partial charge in [0.15, 0.2) is 0 Å². The van der Waals surface area contributed by atoms with E-state index in [-0.39, 0.29) is 17.9 Å². The summed E-state index contributed by atoms with van der Waals surface area (Å²) in [5.74, 6) is 0.431. The van der Waals surface area contributed by atoms with Gasteiger partial charge in [-0.15, -0.1) is 0 Å². The number of piperidine rings is 1. The van der Waals surface area contributed by atoms with Crippen LogP contribution in [0.4, 0.5) is 0 Å². The lowest BCUT2D eigenvalue weighted by molar-refractivity contribution is -0.664. The van der Waals surface area contributed by atoms with Gasteiger partial charge in [-0.1, -0.05) is 30.3 Å². The van der Waals surface area contributed by atoms with Gasteiger partial charge in [0.25, 0.3) is 0 Å². The molecule has 1 aromatic rings. The van der Waals surface area contributed by atoms with E-state index in [1.165, 1.54) is 5.56 Å². The third-order valence-corrected chi connectivity index (χ3v) is 3.47. The fourth-order valence-electron chi connectivity index (χ4n) is 2.35. The number of nitrogens with one attached hydrogen (secondary N) is 1. The maximum absolute atomic E-state index is 12.1. The van der Waals surface area contributed by atoms with E-state index in [1.54, 1.807) is 0 Å². The Morgan fingerprint density at radius 3 is 2.59 bits per heavy atom. The first-order valence-electron chi connectivity index (χ1n) is 6.44. The summed E-state index contributed by atoms with van der Waals surface area (Å²) in [6, 6.07) is 10.2. The van der Waals surface area contributed by atoms with E-state index in [0.717, 1.165) is 25.9 Å². The molecule has 0 radical (unpaired) electrons. The minimum Gasteiger partial charge on any atom is -0.349 e. The van der Waals surface area contributed by atoms with Crippen molar-refractivity contribution in [2.24, 2.45) is 5.92 Å². The van der Waals surface area contributed by atoms with Crippen LogP contribution in [0.2, 0.25) is 0 Å². The molecule has 3 nitrogen and oxygen atoms in total. The van der Waals surface area contributed by atoms with Crippen molar-refractivity contribution in [2.45, 2.75) is 25.8 Å². The summed E-state index contributed by atoms with van der Waals surface area (Å²) >= 11 is 0. The predicted octanol–water partition coefficient (Wildman–Crippen LogP) is 0.837. The van der Waals surface area contributed by atoms with Gasteiger partial charge in [0.05, 0.1) is 19.1 Å². The molecule has 2 rings (SSSR count).